The average Bonchev–Trinajstić information content (AvgIpc) is 2.58. The second-order valence-corrected chi connectivity index (χ2v) is 5.62. The number of alkyl halides is 1. The van der Waals surface area contributed by atoms with Crippen molar-refractivity contribution >= 4 is 17.5 Å². The molecule has 2 rings (SSSR count). The van der Waals surface area contributed by atoms with Crippen molar-refractivity contribution < 1.29 is 14.3 Å². The van der Waals surface area contributed by atoms with Gasteiger partial charge in [-0.1, -0.05) is 35.9 Å². The van der Waals surface area contributed by atoms with Crippen LogP contribution in [-0.2, 0) is 11.3 Å². The molecule has 2 aromatic carbocycles. The molecule has 0 aliphatic rings. The highest BCUT2D eigenvalue weighted by atomic mass is 35.5. The minimum atomic E-state index is -0.792. The molecule has 0 aliphatic heterocycles. The molecule has 0 bridgehead atoms. The Morgan fingerprint density at radius 3 is 2.52 bits per heavy atom. The number of rotatable bonds is 6. The van der Waals surface area contributed by atoms with Gasteiger partial charge < -0.3 is 14.8 Å². The average molecular weight is 334 g/mol. The third kappa shape index (κ3) is 4.39. The van der Waals surface area contributed by atoms with E-state index in [9.17, 15) is 4.79 Å². The van der Waals surface area contributed by atoms with E-state index in [1.165, 1.54) is 0 Å². The molecule has 23 heavy (non-hydrogen) atoms. The number of benzene rings is 2. The number of methoxy groups -OCH3 is 2. The number of ether oxygens (including phenoxy) is 2. The first-order chi connectivity index (χ1) is 11.0. The van der Waals surface area contributed by atoms with E-state index in [1.54, 1.807) is 32.4 Å². The van der Waals surface area contributed by atoms with Gasteiger partial charge in [0.2, 0.25) is 5.91 Å². The summed E-state index contributed by atoms with van der Waals surface area (Å²) < 4.78 is 10.4. The van der Waals surface area contributed by atoms with E-state index in [-0.39, 0.29) is 5.91 Å². The summed E-state index contributed by atoms with van der Waals surface area (Å²) in [7, 11) is 3.10. The number of halogens is 1. The van der Waals surface area contributed by atoms with Crippen molar-refractivity contribution in [3.05, 3.63) is 59.2 Å². The highest BCUT2D eigenvalue weighted by molar-refractivity contribution is 6.30. The molecule has 0 fully saturated rings. The van der Waals surface area contributed by atoms with Gasteiger partial charge in [-0.25, -0.2) is 0 Å². The largest absolute Gasteiger partial charge is 0.493 e. The lowest BCUT2D eigenvalue weighted by atomic mass is 10.1. The van der Waals surface area contributed by atoms with Crippen molar-refractivity contribution in [3.63, 3.8) is 0 Å². The number of nitrogens with one attached hydrogen (secondary N) is 1. The molecule has 0 spiro atoms. The third-order valence-electron chi connectivity index (χ3n) is 3.48. The highest BCUT2D eigenvalue weighted by Crippen LogP contribution is 2.32. The fourth-order valence-electron chi connectivity index (χ4n) is 2.26. The summed E-state index contributed by atoms with van der Waals surface area (Å²) in [6.45, 7) is 2.45. The molecule has 1 amide bonds. The van der Waals surface area contributed by atoms with Crippen molar-refractivity contribution in [2.24, 2.45) is 0 Å². The molecule has 0 saturated carbocycles. The maximum atomic E-state index is 12.2. The van der Waals surface area contributed by atoms with Crippen LogP contribution in [0.2, 0.25) is 0 Å². The molecule has 1 atom stereocenters. The van der Waals surface area contributed by atoms with Gasteiger partial charge in [0.25, 0.3) is 0 Å². The highest BCUT2D eigenvalue weighted by Gasteiger charge is 2.19. The van der Waals surface area contributed by atoms with Gasteiger partial charge in [-0.05, 0) is 30.2 Å². The van der Waals surface area contributed by atoms with Crippen LogP contribution in [0.25, 0.3) is 0 Å². The molecule has 122 valence electrons. The van der Waals surface area contributed by atoms with E-state index in [0.717, 1.165) is 11.1 Å². The van der Waals surface area contributed by atoms with Crippen molar-refractivity contribution in [1.82, 2.24) is 5.32 Å². The zero-order chi connectivity index (χ0) is 16.8. The summed E-state index contributed by atoms with van der Waals surface area (Å²) >= 11 is 6.27. The first-order valence-corrected chi connectivity index (χ1v) is 7.68. The predicted molar refractivity (Wildman–Crippen MR) is 91.2 cm³/mol. The molecule has 1 N–H and O–H groups in total. The van der Waals surface area contributed by atoms with Crippen LogP contribution in [0.1, 0.15) is 22.1 Å². The number of carbonyl (C=O) groups excluding carboxylic acids is 1. The monoisotopic (exact) mass is 333 g/mol. The fourth-order valence-corrected chi connectivity index (χ4v) is 2.48. The van der Waals surface area contributed by atoms with E-state index < -0.39 is 5.38 Å². The van der Waals surface area contributed by atoms with Gasteiger partial charge in [-0.2, -0.15) is 0 Å². The predicted octanol–water partition coefficient (Wildman–Crippen LogP) is 3.61. The smallest absolute Gasteiger partial charge is 0.242 e. The molecule has 0 saturated heterocycles. The fraction of sp³-hybridized carbons (Fsp3) is 0.278. The molecule has 0 aromatic heterocycles. The van der Waals surface area contributed by atoms with Gasteiger partial charge in [0.1, 0.15) is 5.38 Å². The van der Waals surface area contributed by atoms with Gasteiger partial charge in [0, 0.05) is 6.54 Å². The topological polar surface area (TPSA) is 47.6 Å². The van der Waals surface area contributed by atoms with Crippen LogP contribution in [0.5, 0.6) is 11.5 Å². The normalized spacial score (nSPS) is 11.7. The van der Waals surface area contributed by atoms with Crippen LogP contribution in [0, 0.1) is 6.92 Å². The molecule has 1 unspecified atom stereocenters. The summed E-state index contributed by atoms with van der Waals surface area (Å²) in [5, 5.41) is 2.06. The maximum Gasteiger partial charge on any atom is 0.242 e. The Labute approximate surface area is 141 Å². The van der Waals surface area contributed by atoms with Gasteiger partial charge in [0.15, 0.2) is 11.5 Å². The summed E-state index contributed by atoms with van der Waals surface area (Å²) in [4.78, 5) is 12.2. The second-order valence-electron chi connectivity index (χ2n) is 5.18. The maximum absolute atomic E-state index is 12.2. The summed E-state index contributed by atoms with van der Waals surface area (Å²) in [6, 6.07) is 13.2. The lowest BCUT2D eigenvalue weighted by Crippen LogP contribution is -2.26. The van der Waals surface area contributed by atoms with E-state index >= 15 is 0 Å². The Hall–Kier alpha value is -2.20. The first kappa shape index (κ1) is 17.2. The van der Waals surface area contributed by atoms with Gasteiger partial charge in [-0.15, -0.1) is 11.6 Å². The zero-order valence-electron chi connectivity index (χ0n) is 13.4. The van der Waals surface area contributed by atoms with Crippen LogP contribution in [0.4, 0.5) is 0 Å². The Kier molecular flexibility index (Phi) is 5.88. The summed E-state index contributed by atoms with van der Waals surface area (Å²) in [5.41, 5.74) is 2.85. The SMILES string of the molecule is COc1ccc(C(Cl)C(=O)NCc2cccc(C)c2)cc1OC. The summed E-state index contributed by atoms with van der Waals surface area (Å²) in [6.07, 6.45) is 0. The Bertz CT molecular complexity index is 688. The Balaban J connectivity index is 2.04. The molecule has 4 nitrogen and oxygen atoms in total. The lowest BCUT2D eigenvalue weighted by molar-refractivity contribution is -0.121. The van der Waals surface area contributed by atoms with E-state index in [4.69, 9.17) is 21.1 Å². The van der Waals surface area contributed by atoms with Crippen LogP contribution in [-0.4, -0.2) is 20.1 Å². The molecule has 0 radical (unpaired) electrons. The van der Waals surface area contributed by atoms with Crippen molar-refractivity contribution in [2.45, 2.75) is 18.8 Å². The first-order valence-electron chi connectivity index (χ1n) is 7.24. The Morgan fingerprint density at radius 2 is 1.87 bits per heavy atom. The van der Waals surface area contributed by atoms with Crippen molar-refractivity contribution in [1.29, 1.82) is 0 Å². The van der Waals surface area contributed by atoms with Crippen molar-refractivity contribution in [2.75, 3.05) is 14.2 Å². The number of carbonyl (C=O) groups is 1. The van der Waals surface area contributed by atoms with Gasteiger partial charge in [0.05, 0.1) is 14.2 Å². The second kappa shape index (κ2) is 7.88. The molecule has 2 aromatic rings. The standard InChI is InChI=1S/C18H20ClNO3/c1-12-5-4-6-13(9-12)11-20-18(21)17(19)14-7-8-15(22-2)16(10-14)23-3/h4-10,17H,11H2,1-3H3,(H,20,21). The lowest BCUT2D eigenvalue weighted by Gasteiger charge is -2.14. The number of hydrogen-bond acceptors (Lipinski definition) is 3. The molecule has 0 heterocycles. The van der Waals surface area contributed by atoms with Crippen LogP contribution in [0.15, 0.2) is 42.5 Å². The van der Waals surface area contributed by atoms with Crippen LogP contribution >= 0.6 is 11.6 Å². The molecular formula is C18H20ClNO3. The zero-order valence-corrected chi connectivity index (χ0v) is 14.2. The molecule has 5 heteroatoms. The number of aryl methyl sites for hydroxylation is 1. The van der Waals surface area contributed by atoms with Crippen molar-refractivity contribution in [3.8, 4) is 11.5 Å². The number of amides is 1. The molecule has 0 aliphatic carbocycles. The molecular weight excluding hydrogens is 314 g/mol. The number of hydrogen-bond donors (Lipinski definition) is 1. The van der Waals surface area contributed by atoms with E-state index in [1.807, 2.05) is 31.2 Å². The quantitative estimate of drug-likeness (QED) is 0.821. The van der Waals surface area contributed by atoms with E-state index in [2.05, 4.69) is 5.32 Å². The van der Waals surface area contributed by atoms with E-state index in [0.29, 0.717) is 23.6 Å². The van der Waals surface area contributed by atoms with Crippen LogP contribution in [0.3, 0.4) is 0 Å². The Morgan fingerprint density at radius 1 is 1.13 bits per heavy atom. The summed E-state index contributed by atoms with van der Waals surface area (Å²) in [5.74, 6) is 0.891. The van der Waals surface area contributed by atoms with Gasteiger partial charge in [-0.3, -0.25) is 4.79 Å². The minimum absolute atomic E-state index is 0.250. The minimum Gasteiger partial charge on any atom is -0.493 e. The third-order valence-corrected chi connectivity index (χ3v) is 3.93. The van der Waals surface area contributed by atoms with Gasteiger partial charge >= 0.3 is 0 Å². The van der Waals surface area contributed by atoms with Crippen LogP contribution < -0.4 is 14.8 Å².